The van der Waals surface area contributed by atoms with Crippen LogP contribution in [0, 0.1) is 5.82 Å². The van der Waals surface area contributed by atoms with Gasteiger partial charge in [0.05, 0.1) is 12.2 Å². The SMILES string of the molecule is C[C@H](c1cccc(F)c1)n1cc(C(=O)NCCN2CCCC2)nn1. The minimum absolute atomic E-state index is 0.195. The molecule has 1 amide bonds. The van der Waals surface area contributed by atoms with Gasteiger partial charge in [0.2, 0.25) is 0 Å². The number of rotatable bonds is 6. The van der Waals surface area contributed by atoms with Crippen LogP contribution in [0.2, 0.25) is 0 Å². The molecule has 0 spiro atoms. The molecule has 1 aliphatic heterocycles. The lowest BCUT2D eigenvalue weighted by Crippen LogP contribution is -2.33. The van der Waals surface area contributed by atoms with Gasteiger partial charge in [-0.25, -0.2) is 9.07 Å². The van der Waals surface area contributed by atoms with E-state index in [2.05, 4.69) is 20.5 Å². The van der Waals surface area contributed by atoms with E-state index >= 15 is 0 Å². The Hall–Kier alpha value is -2.28. The Morgan fingerprint density at radius 3 is 2.92 bits per heavy atom. The van der Waals surface area contributed by atoms with Crippen LogP contribution in [0.4, 0.5) is 4.39 Å². The predicted octanol–water partition coefficient (Wildman–Crippen LogP) is 1.85. The molecule has 6 nitrogen and oxygen atoms in total. The van der Waals surface area contributed by atoms with Gasteiger partial charge >= 0.3 is 0 Å². The average Bonchev–Trinajstić information content (AvgIpc) is 3.26. The van der Waals surface area contributed by atoms with Gasteiger partial charge in [-0.3, -0.25) is 4.79 Å². The van der Waals surface area contributed by atoms with Gasteiger partial charge in [0, 0.05) is 13.1 Å². The molecule has 1 aromatic carbocycles. The zero-order valence-electron chi connectivity index (χ0n) is 13.8. The van der Waals surface area contributed by atoms with E-state index in [0.717, 1.165) is 25.2 Å². The molecule has 128 valence electrons. The normalized spacial score (nSPS) is 16.2. The van der Waals surface area contributed by atoms with Crippen LogP contribution in [0.25, 0.3) is 0 Å². The molecular formula is C17H22FN5O. The van der Waals surface area contributed by atoms with Crippen LogP contribution in [0.1, 0.15) is 41.9 Å². The molecule has 1 atom stereocenters. The number of nitrogens with one attached hydrogen (secondary N) is 1. The second-order valence-electron chi connectivity index (χ2n) is 6.12. The van der Waals surface area contributed by atoms with Gasteiger partial charge in [0.1, 0.15) is 5.82 Å². The minimum Gasteiger partial charge on any atom is -0.349 e. The summed E-state index contributed by atoms with van der Waals surface area (Å²) in [7, 11) is 0. The monoisotopic (exact) mass is 331 g/mol. The molecular weight excluding hydrogens is 309 g/mol. The quantitative estimate of drug-likeness (QED) is 0.877. The highest BCUT2D eigenvalue weighted by Gasteiger charge is 2.16. The molecule has 1 N–H and O–H groups in total. The summed E-state index contributed by atoms with van der Waals surface area (Å²) < 4.78 is 14.9. The Morgan fingerprint density at radius 1 is 1.38 bits per heavy atom. The zero-order chi connectivity index (χ0) is 16.9. The molecule has 1 saturated heterocycles. The fourth-order valence-corrected chi connectivity index (χ4v) is 2.91. The Bertz CT molecular complexity index is 696. The molecule has 3 rings (SSSR count). The van der Waals surface area contributed by atoms with Crippen molar-refractivity contribution >= 4 is 5.91 Å². The van der Waals surface area contributed by atoms with Crippen molar-refractivity contribution in [2.75, 3.05) is 26.2 Å². The Kier molecular flexibility index (Phi) is 5.20. The number of benzene rings is 1. The molecule has 0 aliphatic carbocycles. The molecule has 0 saturated carbocycles. The topological polar surface area (TPSA) is 63.1 Å². The third-order valence-electron chi connectivity index (χ3n) is 4.38. The third kappa shape index (κ3) is 3.97. The van der Waals surface area contributed by atoms with Crippen LogP contribution < -0.4 is 5.32 Å². The van der Waals surface area contributed by atoms with E-state index in [0.29, 0.717) is 6.54 Å². The maximum Gasteiger partial charge on any atom is 0.273 e. The predicted molar refractivity (Wildman–Crippen MR) is 88.2 cm³/mol. The first-order chi connectivity index (χ1) is 11.6. The first-order valence-corrected chi connectivity index (χ1v) is 8.31. The average molecular weight is 331 g/mol. The van der Waals surface area contributed by atoms with Crippen molar-refractivity contribution < 1.29 is 9.18 Å². The lowest BCUT2D eigenvalue weighted by atomic mass is 10.1. The molecule has 24 heavy (non-hydrogen) atoms. The highest BCUT2D eigenvalue weighted by molar-refractivity contribution is 5.91. The number of likely N-dealkylation sites (tertiary alicyclic amines) is 1. The van der Waals surface area contributed by atoms with Gasteiger partial charge in [-0.05, 0) is 50.6 Å². The van der Waals surface area contributed by atoms with Crippen molar-refractivity contribution in [3.63, 3.8) is 0 Å². The fraction of sp³-hybridized carbons (Fsp3) is 0.471. The van der Waals surface area contributed by atoms with Crippen LogP contribution in [0.3, 0.4) is 0 Å². The molecule has 1 aliphatic rings. The number of hydrogen-bond acceptors (Lipinski definition) is 4. The third-order valence-corrected chi connectivity index (χ3v) is 4.38. The summed E-state index contributed by atoms with van der Waals surface area (Å²) in [5.41, 5.74) is 1.06. The summed E-state index contributed by atoms with van der Waals surface area (Å²) in [4.78, 5) is 14.5. The van der Waals surface area contributed by atoms with Crippen LogP contribution in [0.15, 0.2) is 30.5 Å². The van der Waals surface area contributed by atoms with Crippen molar-refractivity contribution in [3.8, 4) is 0 Å². The van der Waals surface area contributed by atoms with Gasteiger partial charge in [0.15, 0.2) is 5.69 Å². The zero-order valence-corrected chi connectivity index (χ0v) is 13.8. The number of nitrogens with zero attached hydrogens (tertiary/aromatic N) is 4. The van der Waals surface area contributed by atoms with Crippen molar-refractivity contribution in [1.29, 1.82) is 0 Å². The first-order valence-electron chi connectivity index (χ1n) is 8.31. The summed E-state index contributed by atoms with van der Waals surface area (Å²) in [6, 6.07) is 6.15. The number of halogens is 1. The van der Waals surface area contributed by atoms with Crippen LogP contribution in [-0.4, -0.2) is 52.0 Å². The van der Waals surface area contributed by atoms with Gasteiger partial charge in [-0.2, -0.15) is 0 Å². The maximum atomic E-state index is 13.3. The van der Waals surface area contributed by atoms with Crippen LogP contribution in [0.5, 0.6) is 0 Å². The Balaban J connectivity index is 1.56. The lowest BCUT2D eigenvalue weighted by molar-refractivity contribution is 0.0944. The fourth-order valence-electron chi connectivity index (χ4n) is 2.91. The van der Waals surface area contributed by atoms with Crippen molar-refractivity contribution in [2.24, 2.45) is 0 Å². The molecule has 7 heteroatoms. The van der Waals surface area contributed by atoms with Gasteiger partial charge in [-0.1, -0.05) is 17.3 Å². The Morgan fingerprint density at radius 2 is 2.17 bits per heavy atom. The van der Waals surface area contributed by atoms with Crippen molar-refractivity contribution in [3.05, 3.63) is 47.5 Å². The highest BCUT2D eigenvalue weighted by Crippen LogP contribution is 2.17. The molecule has 1 aromatic heterocycles. The largest absolute Gasteiger partial charge is 0.349 e. The molecule has 2 aromatic rings. The van der Waals surface area contributed by atoms with Crippen molar-refractivity contribution in [2.45, 2.75) is 25.8 Å². The Labute approximate surface area is 140 Å². The number of carbonyl (C=O) groups is 1. The van der Waals surface area contributed by atoms with Crippen LogP contribution in [-0.2, 0) is 0 Å². The maximum absolute atomic E-state index is 13.3. The van der Waals surface area contributed by atoms with E-state index in [1.165, 1.54) is 25.0 Å². The second-order valence-corrected chi connectivity index (χ2v) is 6.12. The summed E-state index contributed by atoms with van der Waals surface area (Å²) in [6.07, 6.45) is 4.07. The van der Waals surface area contributed by atoms with E-state index in [1.807, 2.05) is 13.0 Å². The summed E-state index contributed by atoms with van der Waals surface area (Å²) in [6.45, 7) is 5.57. The molecule has 0 unspecified atom stereocenters. The standard InChI is InChI=1S/C17H22FN5O/c1-13(14-5-4-6-15(18)11-14)23-12-16(20-21-23)17(24)19-7-10-22-8-2-3-9-22/h4-6,11-13H,2-3,7-10H2,1H3,(H,19,24)/t13-/m1/s1. The van der Waals surface area contributed by atoms with Gasteiger partial charge < -0.3 is 10.2 Å². The number of amides is 1. The summed E-state index contributed by atoms with van der Waals surface area (Å²) in [5, 5.41) is 10.8. The smallest absolute Gasteiger partial charge is 0.273 e. The second kappa shape index (κ2) is 7.53. The summed E-state index contributed by atoms with van der Waals surface area (Å²) >= 11 is 0. The van der Waals surface area contributed by atoms with Crippen LogP contribution >= 0.6 is 0 Å². The first kappa shape index (κ1) is 16.6. The van der Waals surface area contributed by atoms with E-state index in [9.17, 15) is 9.18 Å². The van der Waals surface area contributed by atoms with Crippen molar-refractivity contribution in [1.82, 2.24) is 25.2 Å². The highest BCUT2D eigenvalue weighted by atomic mass is 19.1. The molecule has 2 heterocycles. The van der Waals surface area contributed by atoms with E-state index < -0.39 is 0 Å². The number of carbonyl (C=O) groups excluding carboxylic acids is 1. The van der Waals surface area contributed by atoms with E-state index in [-0.39, 0.29) is 23.5 Å². The van der Waals surface area contributed by atoms with Gasteiger partial charge in [0.25, 0.3) is 5.91 Å². The number of hydrogen-bond donors (Lipinski definition) is 1. The molecule has 0 bridgehead atoms. The number of aromatic nitrogens is 3. The van der Waals surface area contributed by atoms with Gasteiger partial charge in [-0.15, -0.1) is 5.10 Å². The minimum atomic E-state index is -0.292. The molecule has 1 fully saturated rings. The summed E-state index contributed by atoms with van der Waals surface area (Å²) in [5.74, 6) is -0.522. The lowest BCUT2D eigenvalue weighted by Gasteiger charge is -2.14. The van der Waals surface area contributed by atoms with E-state index in [4.69, 9.17) is 0 Å². The molecule has 0 radical (unpaired) electrons. The van der Waals surface area contributed by atoms with E-state index in [1.54, 1.807) is 16.9 Å².